The topological polar surface area (TPSA) is 67.6 Å². The highest BCUT2D eigenvalue weighted by atomic mass is 32.1. The Balaban J connectivity index is 1.74. The number of nitrogens with one attached hydrogen (secondary N) is 1. The van der Waals surface area contributed by atoms with E-state index in [1.54, 1.807) is 12.1 Å². The van der Waals surface area contributed by atoms with Gasteiger partial charge in [0.2, 0.25) is 0 Å². The van der Waals surface area contributed by atoms with Gasteiger partial charge in [-0.3, -0.25) is 15.0 Å². The van der Waals surface area contributed by atoms with Crippen molar-refractivity contribution in [3.63, 3.8) is 0 Å². The molecule has 0 aliphatic carbocycles. The summed E-state index contributed by atoms with van der Waals surface area (Å²) in [4.78, 5) is 12.7. The summed E-state index contributed by atoms with van der Waals surface area (Å²) in [6.45, 7) is 4.12. The number of non-ortho nitro benzene ring substituents is 1. The predicted molar refractivity (Wildman–Crippen MR) is 104 cm³/mol. The fourth-order valence-electron chi connectivity index (χ4n) is 3.75. The Bertz CT molecular complexity index is 899. The van der Waals surface area contributed by atoms with Crippen molar-refractivity contribution in [3.05, 3.63) is 63.7 Å². The third-order valence-corrected chi connectivity index (χ3v) is 5.37. The van der Waals surface area contributed by atoms with E-state index in [4.69, 9.17) is 17.0 Å². The van der Waals surface area contributed by atoms with Gasteiger partial charge in [0, 0.05) is 29.8 Å². The number of rotatable bonds is 3. The molecule has 0 unspecified atom stereocenters. The van der Waals surface area contributed by atoms with Crippen molar-refractivity contribution in [2.45, 2.75) is 38.5 Å². The maximum Gasteiger partial charge on any atom is 0.270 e. The molecule has 26 heavy (non-hydrogen) atoms. The Morgan fingerprint density at radius 3 is 2.73 bits per heavy atom. The maximum atomic E-state index is 11.1. The number of ether oxygens (including phenoxy) is 1. The zero-order valence-corrected chi connectivity index (χ0v) is 15.4. The van der Waals surface area contributed by atoms with Crippen molar-refractivity contribution in [1.29, 1.82) is 0 Å². The zero-order chi connectivity index (χ0) is 18.5. The van der Waals surface area contributed by atoms with Crippen LogP contribution in [-0.2, 0) is 6.42 Å². The van der Waals surface area contributed by atoms with Gasteiger partial charge in [-0.05, 0) is 49.3 Å². The summed E-state index contributed by atoms with van der Waals surface area (Å²) in [6.07, 6.45) is 1.61. The number of nitro benzene ring substituents is 1. The molecule has 0 spiro atoms. The molecule has 134 valence electrons. The van der Waals surface area contributed by atoms with Crippen LogP contribution in [0.25, 0.3) is 0 Å². The number of thiocarbonyl (C=S) groups is 1. The van der Waals surface area contributed by atoms with Crippen LogP contribution in [0.2, 0.25) is 0 Å². The lowest BCUT2D eigenvalue weighted by Gasteiger charge is -2.52. The molecule has 0 amide bonds. The van der Waals surface area contributed by atoms with E-state index in [1.807, 2.05) is 24.0 Å². The lowest BCUT2D eigenvalue weighted by atomic mass is 9.90. The summed E-state index contributed by atoms with van der Waals surface area (Å²) in [7, 11) is 0. The molecule has 1 fully saturated rings. The summed E-state index contributed by atoms with van der Waals surface area (Å²) < 4.78 is 6.29. The number of nitrogens with zero attached hydrogens (tertiary/aromatic N) is 2. The van der Waals surface area contributed by atoms with E-state index in [0.717, 1.165) is 17.7 Å². The van der Waals surface area contributed by atoms with Crippen molar-refractivity contribution in [1.82, 2.24) is 5.32 Å². The number of fused-ring (bicyclic) bond motifs is 4. The highest BCUT2D eigenvalue weighted by molar-refractivity contribution is 7.80. The largest absolute Gasteiger partial charge is 0.467 e. The van der Waals surface area contributed by atoms with Gasteiger partial charge in [-0.15, -0.1) is 0 Å². The molecular formula is C19H19N3O3S. The smallest absolute Gasteiger partial charge is 0.270 e. The summed E-state index contributed by atoms with van der Waals surface area (Å²) in [5.41, 5.74) is 2.41. The van der Waals surface area contributed by atoms with Gasteiger partial charge in [-0.25, -0.2) is 0 Å². The van der Waals surface area contributed by atoms with E-state index in [-0.39, 0.29) is 11.7 Å². The van der Waals surface area contributed by atoms with E-state index in [0.29, 0.717) is 17.3 Å². The molecule has 0 radical (unpaired) electrons. The fraction of sp³-hybridized carbons (Fsp3) is 0.316. The summed E-state index contributed by atoms with van der Waals surface area (Å²) in [5, 5.41) is 15.0. The quantitative estimate of drug-likeness (QED) is 0.499. The SMILES string of the molecule is CCc1ccc(N2C(=S)N[C@H]3C[C@@]2(C)Oc2ccc([N+](=O)[O-])cc23)cc1. The van der Waals surface area contributed by atoms with Crippen LogP contribution in [0.15, 0.2) is 42.5 Å². The molecule has 7 heteroatoms. The number of anilines is 1. The van der Waals surface area contributed by atoms with Crippen LogP contribution in [0, 0.1) is 10.1 Å². The molecule has 2 bridgehead atoms. The van der Waals surface area contributed by atoms with E-state index in [9.17, 15) is 10.1 Å². The molecule has 2 atom stereocenters. The van der Waals surface area contributed by atoms with Crippen LogP contribution in [-0.4, -0.2) is 15.8 Å². The van der Waals surface area contributed by atoms with Crippen LogP contribution in [0.3, 0.4) is 0 Å². The van der Waals surface area contributed by atoms with Crippen LogP contribution in [0.5, 0.6) is 5.75 Å². The molecule has 0 aromatic heterocycles. The Morgan fingerprint density at radius 2 is 2.08 bits per heavy atom. The lowest BCUT2D eigenvalue weighted by molar-refractivity contribution is -0.385. The zero-order valence-electron chi connectivity index (χ0n) is 14.6. The number of hydrogen-bond acceptors (Lipinski definition) is 4. The van der Waals surface area contributed by atoms with Gasteiger partial charge in [0.1, 0.15) is 5.75 Å². The van der Waals surface area contributed by atoms with E-state index >= 15 is 0 Å². The Hall–Kier alpha value is -2.67. The van der Waals surface area contributed by atoms with Gasteiger partial charge in [0.05, 0.1) is 11.0 Å². The third-order valence-electron chi connectivity index (χ3n) is 5.07. The molecule has 2 heterocycles. The Morgan fingerprint density at radius 1 is 1.35 bits per heavy atom. The molecule has 0 saturated carbocycles. The predicted octanol–water partition coefficient (Wildman–Crippen LogP) is 4.09. The second-order valence-electron chi connectivity index (χ2n) is 6.82. The number of aryl methyl sites for hydroxylation is 1. The first-order chi connectivity index (χ1) is 12.4. The van der Waals surface area contributed by atoms with Crippen molar-refractivity contribution in [2.24, 2.45) is 0 Å². The Kier molecular flexibility index (Phi) is 3.84. The summed E-state index contributed by atoms with van der Waals surface area (Å²) >= 11 is 5.61. The van der Waals surface area contributed by atoms with E-state index in [1.165, 1.54) is 11.6 Å². The standard InChI is InChI=1S/C19H19N3O3S/c1-3-12-4-6-13(7-5-12)21-18(26)20-16-11-19(21,2)25-17-9-8-14(22(23)24)10-15(16)17/h4-10,16H,3,11H2,1-2H3,(H,20,26)/t16-,19+/m0/s1. The molecular weight excluding hydrogens is 350 g/mol. The number of nitro groups is 1. The van der Waals surface area contributed by atoms with E-state index < -0.39 is 10.6 Å². The van der Waals surface area contributed by atoms with Gasteiger partial charge < -0.3 is 10.1 Å². The van der Waals surface area contributed by atoms with Crippen LogP contribution < -0.4 is 15.0 Å². The Labute approximate surface area is 156 Å². The lowest BCUT2D eigenvalue weighted by Crippen LogP contribution is -2.65. The molecule has 2 aromatic rings. The molecule has 1 saturated heterocycles. The van der Waals surface area contributed by atoms with Crippen LogP contribution >= 0.6 is 12.2 Å². The second-order valence-corrected chi connectivity index (χ2v) is 7.20. The first kappa shape index (κ1) is 16.8. The minimum Gasteiger partial charge on any atom is -0.467 e. The van der Waals surface area contributed by atoms with E-state index in [2.05, 4.69) is 24.4 Å². The number of benzene rings is 2. The first-order valence-electron chi connectivity index (χ1n) is 8.58. The molecule has 2 aliphatic rings. The van der Waals surface area contributed by atoms with Gasteiger partial charge in [-0.1, -0.05) is 19.1 Å². The average Bonchev–Trinajstić information content (AvgIpc) is 2.61. The maximum absolute atomic E-state index is 11.1. The average molecular weight is 369 g/mol. The molecule has 2 aliphatic heterocycles. The highest BCUT2D eigenvalue weighted by Crippen LogP contribution is 2.46. The fourth-order valence-corrected chi connectivity index (χ4v) is 4.19. The summed E-state index contributed by atoms with van der Waals surface area (Å²) in [6, 6.07) is 12.9. The van der Waals surface area contributed by atoms with Gasteiger partial charge in [0.25, 0.3) is 5.69 Å². The first-order valence-corrected chi connectivity index (χ1v) is 8.99. The minimum atomic E-state index is -0.649. The van der Waals surface area contributed by atoms with Crippen LogP contribution in [0.4, 0.5) is 11.4 Å². The van der Waals surface area contributed by atoms with Gasteiger partial charge in [0.15, 0.2) is 10.8 Å². The monoisotopic (exact) mass is 369 g/mol. The molecule has 4 rings (SSSR count). The molecule has 1 N–H and O–H groups in total. The van der Waals surface area contributed by atoms with Crippen molar-refractivity contribution < 1.29 is 9.66 Å². The van der Waals surface area contributed by atoms with Crippen molar-refractivity contribution in [2.75, 3.05) is 4.90 Å². The van der Waals surface area contributed by atoms with Crippen LogP contribution in [0.1, 0.15) is 37.4 Å². The van der Waals surface area contributed by atoms with Gasteiger partial charge >= 0.3 is 0 Å². The highest BCUT2D eigenvalue weighted by Gasteiger charge is 2.48. The normalized spacial score (nSPS) is 23.7. The van der Waals surface area contributed by atoms with Crippen molar-refractivity contribution >= 4 is 28.7 Å². The molecule has 2 aromatic carbocycles. The summed E-state index contributed by atoms with van der Waals surface area (Å²) in [5.74, 6) is 0.652. The third kappa shape index (κ3) is 2.59. The molecule has 6 nitrogen and oxygen atoms in total. The van der Waals surface area contributed by atoms with Crippen molar-refractivity contribution in [3.8, 4) is 5.75 Å². The second kappa shape index (κ2) is 5.95. The number of hydrogen-bond donors (Lipinski definition) is 1. The minimum absolute atomic E-state index is 0.0567. The van der Waals surface area contributed by atoms with Gasteiger partial charge in [-0.2, -0.15) is 0 Å².